The van der Waals surface area contributed by atoms with Gasteiger partial charge in [0.1, 0.15) is 6.54 Å². The molecule has 0 aliphatic heterocycles. The summed E-state index contributed by atoms with van der Waals surface area (Å²) in [6, 6.07) is 2.17. The molecule has 0 saturated heterocycles. The van der Waals surface area contributed by atoms with E-state index >= 15 is 0 Å². The van der Waals surface area contributed by atoms with Crippen LogP contribution in [0.2, 0.25) is 0 Å². The standard InChI is InChI=1S/C24H47N2.ClH/c1-5-6-7-8-9-10-11-12-13-14-15-16-17-18-19-20-21-26(3,4)23-24(2)22-25;/h2,5-21,23H2,1,3-4H3;1H/q+1;/p-1. The molecule has 0 aliphatic rings. The van der Waals surface area contributed by atoms with Crippen LogP contribution in [0.1, 0.15) is 110 Å². The SMILES string of the molecule is C=C(C#N)C[N+](C)(C)CCCCCCCCCCCCCCCCCC.[Cl-]. The Kier molecular flexibility index (Phi) is 21.5. The molecule has 160 valence electrons. The van der Waals surface area contributed by atoms with Crippen molar-refractivity contribution in [2.75, 3.05) is 27.2 Å². The van der Waals surface area contributed by atoms with Crippen LogP contribution in [0.5, 0.6) is 0 Å². The predicted octanol–water partition coefficient (Wildman–Crippen LogP) is 4.41. The molecule has 0 spiro atoms. The number of nitriles is 1. The number of quaternary nitrogens is 1. The zero-order valence-corrected chi connectivity index (χ0v) is 19.5. The zero-order chi connectivity index (χ0) is 19.5. The van der Waals surface area contributed by atoms with E-state index in [4.69, 9.17) is 5.26 Å². The van der Waals surface area contributed by atoms with Crippen LogP contribution in [-0.2, 0) is 0 Å². The molecule has 3 heteroatoms. The van der Waals surface area contributed by atoms with E-state index in [0.29, 0.717) is 5.57 Å². The molecule has 2 nitrogen and oxygen atoms in total. The lowest BCUT2D eigenvalue weighted by molar-refractivity contribution is -0.885. The Morgan fingerprint density at radius 3 is 1.37 bits per heavy atom. The van der Waals surface area contributed by atoms with Crippen molar-refractivity contribution < 1.29 is 16.9 Å². The van der Waals surface area contributed by atoms with Crippen molar-refractivity contribution in [2.24, 2.45) is 0 Å². The Morgan fingerprint density at radius 1 is 0.704 bits per heavy atom. The fourth-order valence-electron chi connectivity index (χ4n) is 3.72. The molecular formula is C24H47ClN2. The van der Waals surface area contributed by atoms with E-state index in [2.05, 4.69) is 33.7 Å². The van der Waals surface area contributed by atoms with Gasteiger partial charge in [-0.3, -0.25) is 0 Å². The smallest absolute Gasteiger partial charge is 0.113 e. The number of rotatable bonds is 19. The summed E-state index contributed by atoms with van der Waals surface area (Å²) in [5.41, 5.74) is 0.700. The van der Waals surface area contributed by atoms with E-state index in [1.54, 1.807) is 0 Å². The Balaban J connectivity index is 0. The number of hydrogen-bond acceptors (Lipinski definition) is 1. The fourth-order valence-corrected chi connectivity index (χ4v) is 3.72. The summed E-state index contributed by atoms with van der Waals surface area (Å²) in [4.78, 5) is 0. The Bertz CT molecular complexity index is 371. The quantitative estimate of drug-likeness (QED) is 0.179. The van der Waals surface area contributed by atoms with Gasteiger partial charge < -0.3 is 16.9 Å². The lowest BCUT2D eigenvalue weighted by Gasteiger charge is -2.29. The van der Waals surface area contributed by atoms with Gasteiger partial charge >= 0.3 is 0 Å². The largest absolute Gasteiger partial charge is 1.00 e. The van der Waals surface area contributed by atoms with Gasteiger partial charge in [0.15, 0.2) is 0 Å². The van der Waals surface area contributed by atoms with Crippen LogP contribution in [0, 0.1) is 11.3 Å². The average molecular weight is 399 g/mol. The molecule has 0 saturated carbocycles. The third kappa shape index (κ3) is 21.6. The van der Waals surface area contributed by atoms with Gasteiger partial charge in [0.25, 0.3) is 0 Å². The maximum atomic E-state index is 8.85. The highest BCUT2D eigenvalue weighted by Gasteiger charge is 2.15. The van der Waals surface area contributed by atoms with Crippen molar-refractivity contribution >= 4 is 0 Å². The minimum absolute atomic E-state index is 0. The third-order valence-electron chi connectivity index (χ3n) is 5.39. The van der Waals surface area contributed by atoms with Gasteiger partial charge in [-0.15, -0.1) is 0 Å². The van der Waals surface area contributed by atoms with E-state index in [9.17, 15) is 0 Å². The summed E-state index contributed by atoms with van der Waals surface area (Å²) < 4.78 is 0.894. The molecule has 0 aromatic rings. The van der Waals surface area contributed by atoms with Crippen LogP contribution < -0.4 is 12.4 Å². The summed E-state index contributed by atoms with van der Waals surface area (Å²) in [6.45, 7) is 8.03. The highest BCUT2D eigenvalue weighted by Crippen LogP contribution is 2.14. The molecule has 0 aromatic heterocycles. The summed E-state index contributed by atoms with van der Waals surface area (Å²) >= 11 is 0. The molecule has 0 N–H and O–H groups in total. The van der Waals surface area contributed by atoms with Crippen LogP contribution in [-0.4, -0.2) is 31.7 Å². The van der Waals surface area contributed by atoms with Crippen molar-refractivity contribution in [1.82, 2.24) is 0 Å². The molecule has 0 amide bonds. The maximum Gasteiger partial charge on any atom is 0.113 e. The summed E-state index contributed by atoms with van der Waals surface area (Å²) in [5.74, 6) is 0. The predicted molar refractivity (Wildman–Crippen MR) is 116 cm³/mol. The maximum absolute atomic E-state index is 8.85. The molecule has 27 heavy (non-hydrogen) atoms. The van der Waals surface area contributed by atoms with E-state index in [1.165, 1.54) is 103 Å². The Hall–Kier alpha value is -0.520. The first-order chi connectivity index (χ1) is 12.5. The van der Waals surface area contributed by atoms with Crippen molar-refractivity contribution in [3.63, 3.8) is 0 Å². The first-order valence-corrected chi connectivity index (χ1v) is 11.4. The lowest BCUT2D eigenvalue weighted by atomic mass is 10.0. The Labute approximate surface area is 177 Å². The highest BCUT2D eigenvalue weighted by atomic mass is 35.5. The van der Waals surface area contributed by atoms with Crippen molar-refractivity contribution in [2.45, 2.75) is 110 Å². The molecule has 0 unspecified atom stereocenters. The topological polar surface area (TPSA) is 23.8 Å². The summed E-state index contributed by atoms with van der Waals surface area (Å²) in [7, 11) is 4.40. The number of likely N-dealkylation sites (N-methyl/N-ethyl adjacent to an activating group) is 1. The van der Waals surface area contributed by atoms with E-state index < -0.39 is 0 Å². The molecule has 0 radical (unpaired) electrons. The number of halogens is 1. The fraction of sp³-hybridized carbons (Fsp3) is 0.875. The van der Waals surface area contributed by atoms with E-state index in [-0.39, 0.29) is 12.4 Å². The van der Waals surface area contributed by atoms with Gasteiger partial charge in [0, 0.05) is 0 Å². The van der Waals surface area contributed by atoms with Crippen LogP contribution in [0.3, 0.4) is 0 Å². The second kappa shape index (κ2) is 20.2. The molecule has 0 bridgehead atoms. The second-order valence-electron chi connectivity index (χ2n) is 8.84. The first-order valence-electron chi connectivity index (χ1n) is 11.4. The molecule has 0 aromatic carbocycles. The molecular weight excluding hydrogens is 352 g/mol. The van der Waals surface area contributed by atoms with Gasteiger partial charge in [-0.05, 0) is 12.8 Å². The van der Waals surface area contributed by atoms with Gasteiger partial charge in [-0.2, -0.15) is 5.26 Å². The lowest BCUT2D eigenvalue weighted by Crippen LogP contribution is -3.00. The van der Waals surface area contributed by atoms with Gasteiger partial charge in [0.2, 0.25) is 0 Å². The number of hydrogen-bond donors (Lipinski definition) is 0. The zero-order valence-electron chi connectivity index (χ0n) is 18.7. The van der Waals surface area contributed by atoms with Crippen LogP contribution in [0.25, 0.3) is 0 Å². The van der Waals surface area contributed by atoms with Crippen LogP contribution in [0.4, 0.5) is 0 Å². The van der Waals surface area contributed by atoms with Gasteiger partial charge in [-0.1, -0.05) is 103 Å². The van der Waals surface area contributed by atoms with E-state index in [0.717, 1.165) is 17.6 Å². The normalized spacial score (nSPS) is 11.0. The second-order valence-corrected chi connectivity index (χ2v) is 8.84. The average Bonchev–Trinajstić information content (AvgIpc) is 2.60. The van der Waals surface area contributed by atoms with Crippen LogP contribution in [0.15, 0.2) is 12.2 Å². The molecule has 0 rings (SSSR count). The summed E-state index contributed by atoms with van der Waals surface area (Å²) in [6.07, 6.45) is 22.6. The minimum Gasteiger partial charge on any atom is -1.00 e. The van der Waals surface area contributed by atoms with Crippen molar-refractivity contribution in [3.05, 3.63) is 12.2 Å². The minimum atomic E-state index is 0. The van der Waals surface area contributed by atoms with E-state index in [1.807, 2.05) is 0 Å². The third-order valence-corrected chi connectivity index (χ3v) is 5.39. The molecule has 0 heterocycles. The van der Waals surface area contributed by atoms with Crippen molar-refractivity contribution in [1.29, 1.82) is 5.26 Å². The van der Waals surface area contributed by atoms with Gasteiger partial charge in [0.05, 0.1) is 32.3 Å². The monoisotopic (exact) mass is 398 g/mol. The highest BCUT2D eigenvalue weighted by molar-refractivity contribution is 5.15. The van der Waals surface area contributed by atoms with Gasteiger partial charge in [-0.25, -0.2) is 0 Å². The number of nitrogens with zero attached hydrogens (tertiary/aromatic N) is 2. The molecule has 0 fully saturated rings. The molecule has 0 atom stereocenters. The van der Waals surface area contributed by atoms with Crippen LogP contribution >= 0.6 is 0 Å². The number of unbranched alkanes of at least 4 members (excludes halogenated alkanes) is 15. The first kappa shape index (κ1) is 28.7. The molecule has 0 aliphatic carbocycles. The Morgan fingerprint density at radius 2 is 1.04 bits per heavy atom. The summed E-state index contributed by atoms with van der Waals surface area (Å²) in [5, 5.41) is 8.85. The van der Waals surface area contributed by atoms with Crippen molar-refractivity contribution in [3.8, 4) is 6.07 Å².